The third-order valence-electron chi connectivity index (χ3n) is 4.25. The van der Waals surface area contributed by atoms with Gasteiger partial charge in [0.1, 0.15) is 0 Å². The molecular weight excluding hydrogens is 390 g/mol. The van der Waals surface area contributed by atoms with Crippen molar-refractivity contribution in [1.82, 2.24) is 13.6 Å². The molecule has 10 heteroatoms. The Bertz CT molecular complexity index is 971. The first kappa shape index (κ1) is 19.9. The molecule has 27 heavy (non-hydrogen) atoms. The van der Waals surface area contributed by atoms with Crippen LogP contribution in [0.5, 0.6) is 0 Å². The number of nitrogens with zero attached hydrogens (tertiary/aromatic N) is 3. The van der Waals surface area contributed by atoms with Crippen LogP contribution in [0.2, 0.25) is 0 Å². The van der Waals surface area contributed by atoms with Crippen molar-refractivity contribution in [1.29, 1.82) is 0 Å². The van der Waals surface area contributed by atoms with E-state index >= 15 is 0 Å². The topological polar surface area (TPSA) is 96.9 Å². The summed E-state index contributed by atoms with van der Waals surface area (Å²) in [6.45, 7) is 1.40. The molecule has 1 aliphatic heterocycles. The minimum absolute atomic E-state index is 0.0295. The fourth-order valence-corrected chi connectivity index (χ4v) is 5.25. The quantitative estimate of drug-likeness (QED) is 0.701. The molecule has 146 valence electrons. The fourth-order valence-electron chi connectivity index (χ4n) is 2.70. The SMILES string of the molecule is CN(Cc1ccccn1)S(=O)(=O)c1ccc(S(=O)(=O)N2CCOCC2)cc1. The van der Waals surface area contributed by atoms with E-state index in [0.29, 0.717) is 18.9 Å². The molecular formula is C17H21N3O5S2. The number of morpholine rings is 1. The predicted octanol–water partition coefficient (Wildman–Crippen LogP) is 0.923. The number of benzene rings is 1. The van der Waals surface area contributed by atoms with Gasteiger partial charge >= 0.3 is 0 Å². The van der Waals surface area contributed by atoms with Crippen molar-refractivity contribution >= 4 is 20.0 Å². The number of hydrogen-bond acceptors (Lipinski definition) is 6. The van der Waals surface area contributed by atoms with Crippen molar-refractivity contribution in [2.75, 3.05) is 33.4 Å². The molecule has 1 fully saturated rings. The normalized spacial score (nSPS) is 16.5. The summed E-state index contributed by atoms with van der Waals surface area (Å²) in [5.41, 5.74) is 0.620. The molecule has 1 aromatic heterocycles. The van der Waals surface area contributed by atoms with E-state index < -0.39 is 20.0 Å². The monoisotopic (exact) mass is 411 g/mol. The van der Waals surface area contributed by atoms with Crippen LogP contribution in [0.1, 0.15) is 5.69 Å². The summed E-state index contributed by atoms with van der Waals surface area (Å²) in [5.74, 6) is 0. The average molecular weight is 412 g/mol. The van der Waals surface area contributed by atoms with Crippen molar-refractivity contribution in [3.05, 3.63) is 54.4 Å². The molecule has 2 aromatic rings. The van der Waals surface area contributed by atoms with Gasteiger partial charge in [-0.3, -0.25) is 4.98 Å². The molecule has 0 aliphatic carbocycles. The van der Waals surface area contributed by atoms with E-state index in [-0.39, 0.29) is 29.4 Å². The summed E-state index contributed by atoms with van der Waals surface area (Å²) in [7, 11) is -5.96. The van der Waals surface area contributed by atoms with Gasteiger partial charge in [0, 0.05) is 26.3 Å². The average Bonchev–Trinajstić information content (AvgIpc) is 2.69. The van der Waals surface area contributed by atoms with Crippen molar-refractivity contribution < 1.29 is 21.6 Å². The highest BCUT2D eigenvalue weighted by Gasteiger charge is 2.27. The first-order chi connectivity index (χ1) is 12.8. The Morgan fingerprint density at radius 2 is 1.63 bits per heavy atom. The van der Waals surface area contributed by atoms with Gasteiger partial charge in [-0.1, -0.05) is 6.07 Å². The Labute approximate surface area is 159 Å². The van der Waals surface area contributed by atoms with Crippen LogP contribution in [-0.4, -0.2) is 63.8 Å². The number of hydrogen-bond donors (Lipinski definition) is 0. The molecule has 1 aromatic carbocycles. The van der Waals surface area contributed by atoms with Crippen molar-refractivity contribution in [3.8, 4) is 0 Å². The molecule has 0 bridgehead atoms. The summed E-state index contributed by atoms with van der Waals surface area (Å²) in [6, 6.07) is 10.6. The Morgan fingerprint density at radius 3 is 2.22 bits per heavy atom. The lowest BCUT2D eigenvalue weighted by Gasteiger charge is -2.26. The molecule has 0 saturated carbocycles. The molecule has 0 spiro atoms. The smallest absolute Gasteiger partial charge is 0.243 e. The number of sulfonamides is 2. The van der Waals surface area contributed by atoms with E-state index in [9.17, 15) is 16.8 Å². The third-order valence-corrected chi connectivity index (χ3v) is 7.98. The lowest BCUT2D eigenvalue weighted by molar-refractivity contribution is 0.0730. The molecule has 3 rings (SSSR count). The highest BCUT2D eigenvalue weighted by molar-refractivity contribution is 7.89. The molecule has 0 unspecified atom stereocenters. The summed E-state index contributed by atoms with van der Waals surface area (Å²) in [4.78, 5) is 4.22. The van der Waals surface area contributed by atoms with Crippen LogP contribution in [0.4, 0.5) is 0 Å². The first-order valence-electron chi connectivity index (χ1n) is 8.36. The van der Waals surface area contributed by atoms with Gasteiger partial charge in [-0.2, -0.15) is 8.61 Å². The number of aromatic nitrogens is 1. The van der Waals surface area contributed by atoms with Gasteiger partial charge in [0.2, 0.25) is 20.0 Å². The van der Waals surface area contributed by atoms with Crippen LogP contribution in [0.3, 0.4) is 0 Å². The van der Waals surface area contributed by atoms with Crippen LogP contribution < -0.4 is 0 Å². The summed E-state index contributed by atoms with van der Waals surface area (Å²) < 4.78 is 58.4. The molecule has 8 nitrogen and oxygen atoms in total. The van der Waals surface area contributed by atoms with E-state index in [1.807, 2.05) is 0 Å². The molecule has 0 atom stereocenters. The zero-order valence-electron chi connectivity index (χ0n) is 14.9. The Morgan fingerprint density at radius 1 is 1.00 bits per heavy atom. The Balaban J connectivity index is 1.79. The van der Waals surface area contributed by atoms with Crippen molar-refractivity contribution in [2.45, 2.75) is 16.3 Å². The zero-order valence-corrected chi connectivity index (χ0v) is 16.5. The maximum Gasteiger partial charge on any atom is 0.243 e. The molecule has 2 heterocycles. The largest absolute Gasteiger partial charge is 0.379 e. The Hall–Kier alpha value is -1.85. The summed E-state index contributed by atoms with van der Waals surface area (Å²) in [6.07, 6.45) is 1.60. The second-order valence-electron chi connectivity index (χ2n) is 6.07. The van der Waals surface area contributed by atoms with Gasteiger partial charge in [-0.05, 0) is 36.4 Å². The second kappa shape index (κ2) is 8.03. The fraction of sp³-hybridized carbons (Fsp3) is 0.353. The van der Waals surface area contributed by atoms with Crippen LogP contribution in [0.25, 0.3) is 0 Å². The zero-order chi connectivity index (χ0) is 19.5. The Kier molecular flexibility index (Phi) is 5.92. The third kappa shape index (κ3) is 4.36. The number of ether oxygens (including phenoxy) is 1. The molecule has 1 saturated heterocycles. The van der Waals surface area contributed by atoms with Crippen LogP contribution in [0, 0.1) is 0 Å². The van der Waals surface area contributed by atoms with E-state index in [0.717, 1.165) is 0 Å². The predicted molar refractivity (Wildman–Crippen MR) is 98.9 cm³/mol. The van der Waals surface area contributed by atoms with Gasteiger partial charge in [-0.25, -0.2) is 16.8 Å². The van der Waals surface area contributed by atoms with Crippen LogP contribution in [0.15, 0.2) is 58.5 Å². The van der Waals surface area contributed by atoms with Crippen LogP contribution >= 0.6 is 0 Å². The van der Waals surface area contributed by atoms with Gasteiger partial charge in [0.05, 0.1) is 35.2 Å². The summed E-state index contributed by atoms with van der Waals surface area (Å²) in [5, 5.41) is 0. The van der Waals surface area contributed by atoms with Crippen molar-refractivity contribution in [2.24, 2.45) is 0 Å². The molecule has 0 radical (unpaired) electrons. The minimum atomic E-state index is -3.76. The molecule has 1 aliphatic rings. The highest BCUT2D eigenvalue weighted by Crippen LogP contribution is 2.21. The van der Waals surface area contributed by atoms with Gasteiger partial charge in [0.25, 0.3) is 0 Å². The van der Waals surface area contributed by atoms with Crippen molar-refractivity contribution in [3.63, 3.8) is 0 Å². The lowest BCUT2D eigenvalue weighted by atomic mass is 10.3. The second-order valence-corrected chi connectivity index (χ2v) is 10.1. The van der Waals surface area contributed by atoms with Gasteiger partial charge < -0.3 is 4.74 Å². The maximum atomic E-state index is 12.7. The molecule has 0 N–H and O–H groups in total. The van der Waals surface area contributed by atoms with E-state index in [4.69, 9.17) is 4.74 Å². The first-order valence-corrected chi connectivity index (χ1v) is 11.2. The molecule has 0 amide bonds. The number of rotatable bonds is 6. The van der Waals surface area contributed by atoms with E-state index in [1.165, 1.54) is 39.9 Å². The van der Waals surface area contributed by atoms with Crippen LogP contribution in [-0.2, 0) is 31.3 Å². The number of pyridine rings is 1. The van der Waals surface area contributed by atoms with Gasteiger partial charge in [0.15, 0.2) is 0 Å². The summed E-state index contributed by atoms with van der Waals surface area (Å²) >= 11 is 0. The highest BCUT2D eigenvalue weighted by atomic mass is 32.2. The maximum absolute atomic E-state index is 12.7. The lowest BCUT2D eigenvalue weighted by Crippen LogP contribution is -2.40. The van der Waals surface area contributed by atoms with E-state index in [1.54, 1.807) is 24.4 Å². The van der Waals surface area contributed by atoms with E-state index in [2.05, 4.69) is 4.98 Å². The van der Waals surface area contributed by atoms with Gasteiger partial charge in [-0.15, -0.1) is 0 Å². The standard InChI is InChI=1S/C17H21N3O5S2/c1-19(14-15-4-2-3-9-18-15)26(21,22)16-5-7-17(8-6-16)27(23,24)20-10-12-25-13-11-20/h2-9H,10-14H2,1H3. The minimum Gasteiger partial charge on any atom is -0.379 e.